The molecule has 2 fully saturated rings. The van der Waals surface area contributed by atoms with Crippen LogP contribution in [-0.4, -0.2) is 42.9 Å². The van der Waals surface area contributed by atoms with E-state index in [2.05, 4.69) is 18.7 Å². The van der Waals surface area contributed by atoms with Crippen molar-refractivity contribution in [1.29, 1.82) is 0 Å². The molecule has 0 radical (unpaired) electrons. The Hall–Kier alpha value is -0.150. The van der Waals surface area contributed by atoms with Crippen LogP contribution in [0.3, 0.4) is 0 Å². The maximum Gasteiger partial charge on any atom is 0.123 e. The molecule has 0 bridgehead atoms. The maximum absolute atomic E-state index is 13.1. The lowest BCUT2D eigenvalue weighted by Gasteiger charge is -2.24. The molecule has 0 aromatic rings. The van der Waals surface area contributed by atoms with Crippen molar-refractivity contribution in [3.63, 3.8) is 0 Å². The second-order valence-electron chi connectivity index (χ2n) is 4.01. The molecule has 0 amide bonds. The molecule has 0 aromatic carbocycles. The van der Waals surface area contributed by atoms with Gasteiger partial charge in [0.25, 0.3) is 0 Å². The van der Waals surface area contributed by atoms with E-state index in [1.807, 2.05) is 0 Å². The first-order valence-corrected chi connectivity index (χ1v) is 4.69. The van der Waals surface area contributed by atoms with Gasteiger partial charge in [0.15, 0.2) is 0 Å². The van der Waals surface area contributed by atoms with Gasteiger partial charge in [-0.15, -0.1) is 0 Å². The molecule has 0 N–H and O–H groups in total. The molecule has 0 spiro atoms. The minimum atomic E-state index is -0.632. The number of nitrogens with zero attached hydrogens (tertiary/aromatic N) is 1. The van der Waals surface area contributed by atoms with Gasteiger partial charge in [-0.2, -0.15) is 0 Å². The second-order valence-corrected chi connectivity index (χ2v) is 4.01. The third-order valence-corrected chi connectivity index (χ3v) is 2.88. The lowest BCUT2D eigenvalue weighted by molar-refractivity contribution is 0.102. The lowest BCUT2D eigenvalue weighted by Crippen LogP contribution is -2.36. The summed E-state index contributed by atoms with van der Waals surface area (Å²) in [6.45, 7) is 6.51. The van der Waals surface area contributed by atoms with Crippen LogP contribution in [-0.2, 0) is 4.74 Å². The fourth-order valence-corrected chi connectivity index (χ4v) is 2.08. The van der Waals surface area contributed by atoms with Crippen molar-refractivity contribution in [2.75, 3.05) is 19.8 Å². The number of halogens is 1. The molecule has 3 heteroatoms. The van der Waals surface area contributed by atoms with Crippen LogP contribution in [0, 0.1) is 5.92 Å². The van der Waals surface area contributed by atoms with E-state index in [1.54, 1.807) is 0 Å². The predicted octanol–water partition coefficient (Wildman–Crippen LogP) is 1.06. The van der Waals surface area contributed by atoms with Crippen LogP contribution < -0.4 is 0 Å². The third-order valence-electron chi connectivity index (χ3n) is 2.88. The molecule has 3 unspecified atom stereocenters. The Morgan fingerprint density at radius 1 is 1.50 bits per heavy atom. The van der Waals surface area contributed by atoms with E-state index in [1.165, 1.54) is 0 Å². The van der Waals surface area contributed by atoms with Crippen molar-refractivity contribution in [2.24, 2.45) is 5.92 Å². The van der Waals surface area contributed by atoms with Crippen molar-refractivity contribution in [3.05, 3.63) is 0 Å². The first kappa shape index (κ1) is 8.45. The van der Waals surface area contributed by atoms with E-state index in [9.17, 15) is 4.39 Å². The van der Waals surface area contributed by atoms with Crippen LogP contribution in [0.4, 0.5) is 4.39 Å². The van der Waals surface area contributed by atoms with Crippen molar-refractivity contribution < 1.29 is 9.13 Å². The highest BCUT2D eigenvalue weighted by Gasteiger charge is 2.55. The summed E-state index contributed by atoms with van der Waals surface area (Å²) in [6, 6.07) is 0.604. The van der Waals surface area contributed by atoms with Gasteiger partial charge in [0.05, 0.1) is 13.2 Å². The molecule has 1 aliphatic heterocycles. The first-order valence-electron chi connectivity index (χ1n) is 4.69. The van der Waals surface area contributed by atoms with Gasteiger partial charge in [0.2, 0.25) is 0 Å². The molecule has 1 heterocycles. The third kappa shape index (κ3) is 1.25. The molecular formula is C9H16FNO. The van der Waals surface area contributed by atoms with Gasteiger partial charge in [-0.3, -0.25) is 4.90 Å². The van der Waals surface area contributed by atoms with Gasteiger partial charge in [0.1, 0.15) is 6.17 Å². The Morgan fingerprint density at radius 3 is 2.92 bits per heavy atom. The zero-order valence-corrected chi connectivity index (χ0v) is 7.66. The Kier molecular flexibility index (Phi) is 2.09. The normalized spacial score (nSPS) is 42.5. The van der Waals surface area contributed by atoms with Crippen LogP contribution in [0.15, 0.2) is 0 Å². The van der Waals surface area contributed by atoms with Crippen molar-refractivity contribution in [2.45, 2.75) is 32.1 Å². The number of ether oxygens (including phenoxy) is 1. The van der Waals surface area contributed by atoms with Gasteiger partial charge >= 0.3 is 0 Å². The summed E-state index contributed by atoms with van der Waals surface area (Å²) < 4.78 is 18.5. The molecule has 70 valence electrons. The maximum atomic E-state index is 13.1. The topological polar surface area (TPSA) is 12.5 Å². The fraction of sp³-hybridized carbons (Fsp3) is 1.00. The lowest BCUT2D eigenvalue weighted by atomic mass is 10.3. The van der Waals surface area contributed by atoms with Crippen LogP contribution in [0.5, 0.6) is 0 Å². The second kappa shape index (κ2) is 2.96. The largest absolute Gasteiger partial charge is 0.380 e. The highest BCUT2D eigenvalue weighted by atomic mass is 19.1. The number of alkyl halides is 1. The minimum Gasteiger partial charge on any atom is -0.380 e. The quantitative estimate of drug-likeness (QED) is 0.588. The van der Waals surface area contributed by atoms with E-state index in [0.717, 1.165) is 13.2 Å². The molecule has 12 heavy (non-hydrogen) atoms. The zero-order valence-electron chi connectivity index (χ0n) is 7.66. The highest BCUT2D eigenvalue weighted by molar-refractivity contribution is 5.07. The molecule has 2 nitrogen and oxygen atoms in total. The highest BCUT2D eigenvalue weighted by Crippen LogP contribution is 2.41. The molecule has 1 aliphatic carbocycles. The summed E-state index contributed by atoms with van der Waals surface area (Å²) in [5, 5.41) is 0. The van der Waals surface area contributed by atoms with Gasteiger partial charge < -0.3 is 4.74 Å². The first-order chi connectivity index (χ1) is 5.72. The number of hydrogen-bond donors (Lipinski definition) is 0. The summed E-state index contributed by atoms with van der Waals surface area (Å²) >= 11 is 0. The fourth-order valence-electron chi connectivity index (χ4n) is 2.08. The zero-order chi connectivity index (χ0) is 8.72. The van der Waals surface area contributed by atoms with Crippen LogP contribution in [0.1, 0.15) is 13.8 Å². The number of hydrogen-bond acceptors (Lipinski definition) is 2. The smallest absolute Gasteiger partial charge is 0.123 e. The van der Waals surface area contributed by atoms with E-state index in [4.69, 9.17) is 4.74 Å². The van der Waals surface area contributed by atoms with Crippen molar-refractivity contribution in [1.82, 2.24) is 4.90 Å². The van der Waals surface area contributed by atoms with E-state index >= 15 is 0 Å². The molecule has 2 rings (SSSR count). The average Bonchev–Trinajstić information content (AvgIpc) is 2.67. The Bertz CT molecular complexity index is 174. The van der Waals surface area contributed by atoms with Crippen molar-refractivity contribution >= 4 is 0 Å². The standard InChI is InChI=1S/C9H16FNO/c1-6(2)11-3-4-12-5-7-8(10)9(7)11/h6-9H,3-5H2,1-2H3. The van der Waals surface area contributed by atoms with Crippen LogP contribution in [0.2, 0.25) is 0 Å². The molecule has 1 saturated heterocycles. The summed E-state index contributed by atoms with van der Waals surface area (Å²) in [7, 11) is 0. The number of rotatable bonds is 1. The van der Waals surface area contributed by atoms with Gasteiger partial charge in [0, 0.05) is 24.5 Å². The summed E-state index contributed by atoms with van der Waals surface area (Å²) in [5.74, 6) is 0.162. The molecule has 2 aliphatic rings. The average molecular weight is 173 g/mol. The minimum absolute atomic E-state index is 0.160. The predicted molar refractivity (Wildman–Crippen MR) is 44.8 cm³/mol. The Labute approximate surface area is 72.7 Å². The van der Waals surface area contributed by atoms with Crippen LogP contribution in [0.25, 0.3) is 0 Å². The van der Waals surface area contributed by atoms with E-state index in [0.29, 0.717) is 12.6 Å². The summed E-state index contributed by atoms with van der Waals surface area (Å²) in [4.78, 5) is 2.22. The Balaban J connectivity index is 2.02. The van der Waals surface area contributed by atoms with Gasteiger partial charge in [-0.25, -0.2) is 4.39 Å². The summed E-state index contributed by atoms with van der Waals surface area (Å²) in [5.41, 5.74) is 0. The summed E-state index contributed by atoms with van der Waals surface area (Å²) in [6.07, 6.45) is -0.632. The Morgan fingerprint density at radius 2 is 2.25 bits per heavy atom. The van der Waals surface area contributed by atoms with Gasteiger partial charge in [-0.1, -0.05) is 0 Å². The van der Waals surface area contributed by atoms with E-state index < -0.39 is 6.17 Å². The van der Waals surface area contributed by atoms with Crippen LogP contribution >= 0.6 is 0 Å². The molecule has 0 aromatic heterocycles. The SMILES string of the molecule is CC(C)N1CCOCC2C(F)C21. The monoisotopic (exact) mass is 173 g/mol. The molecule has 3 atom stereocenters. The molecule has 1 saturated carbocycles. The number of fused-ring (bicyclic) bond motifs is 1. The van der Waals surface area contributed by atoms with Gasteiger partial charge in [-0.05, 0) is 13.8 Å². The van der Waals surface area contributed by atoms with E-state index in [-0.39, 0.29) is 12.0 Å². The van der Waals surface area contributed by atoms with Crippen molar-refractivity contribution in [3.8, 4) is 0 Å². The molecular weight excluding hydrogens is 157 g/mol.